The smallest absolute Gasteiger partial charge is 0.325 e. The molecule has 0 aliphatic rings. The Hall–Kier alpha value is -1.63. The van der Waals surface area contributed by atoms with Gasteiger partial charge in [0.15, 0.2) is 0 Å². The van der Waals surface area contributed by atoms with Gasteiger partial charge in [-0.15, -0.1) is 11.3 Å². The van der Waals surface area contributed by atoms with Crippen molar-refractivity contribution in [1.29, 1.82) is 0 Å². The molecule has 30 heavy (non-hydrogen) atoms. The summed E-state index contributed by atoms with van der Waals surface area (Å²) in [5.41, 5.74) is 0.851. The average molecular weight is 450 g/mol. The Balaban J connectivity index is -0.000000162. The number of esters is 1. The van der Waals surface area contributed by atoms with E-state index in [9.17, 15) is 9.59 Å². The summed E-state index contributed by atoms with van der Waals surface area (Å²) in [6, 6.07) is -0.329. The Morgan fingerprint density at radius 2 is 1.50 bits per heavy atom. The summed E-state index contributed by atoms with van der Waals surface area (Å²) in [6.07, 6.45) is 1.25. The largest absolute Gasteiger partial charge is 0.468 e. The zero-order valence-electron chi connectivity index (χ0n) is 22.3. The van der Waals surface area contributed by atoms with Gasteiger partial charge in [0, 0.05) is 18.3 Å². The lowest BCUT2D eigenvalue weighted by molar-refractivity contribution is -0.139. The first-order valence-electron chi connectivity index (χ1n) is 11.4. The van der Waals surface area contributed by atoms with Crippen LogP contribution in [0.15, 0.2) is 5.38 Å². The monoisotopic (exact) mass is 449 g/mol. The van der Waals surface area contributed by atoms with Crippen molar-refractivity contribution in [2.75, 3.05) is 20.7 Å². The van der Waals surface area contributed by atoms with E-state index in [-0.39, 0.29) is 12.6 Å². The maximum atomic E-state index is 11.7. The lowest BCUT2D eigenvalue weighted by atomic mass is 10.2. The number of methoxy groups -OCH3 is 1. The number of rotatable bonds is 5. The minimum atomic E-state index is -0.475. The third-order valence-electron chi connectivity index (χ3n) is 2.42. The number of nitrogens with zero attached hydrogens (tertiary/aromatic N) is 2. The van der Waals surface area contributed by atoms with E-state index >= 15 is 0 Å². The highest BCUT2D eigenvalue weighted by Crippen LogP contribution is 2.19. The van der Waals surface area contributed by atoms with Gasteiger partial charge in [-0.05, 0) is 0 Å². The quantitative estimate of drug-likeness (QED) is 0.486. The number of hydrogen-bond acceptors (Lipinski definition) is 5. The van der Waals surface area contributed by atoms with E-state index in [0.717, 1.165) is 10.7 Å². The predicted molar refractivity (Wildman–Crippen MR) is 134 cm³/mol. The Morgan fingerprint density at radius 1 is 1.07 bits per heavy atom. The highest BCUT2D eigenvalue weighted by atomic mass is 32.1. The average Bonchev–Trinajstić information content (AvgIpc) is 3.26. The molecule has 0 aliphatic heterocycles. The van der Waals surface area contributed by atoms with Crippen molar-refractivity contribution in [2.45, 2.75) is 102 Å². The van der Waals surface area contributed by atoms with Crippen LogP contribution in [0.25, 0.3) is 0 Å². The van der Waals surface area contributed by atoms with Gasteiger partial charge >= 0.3 is 12.0 Å². The molecule has 0 atom stereocenters. The number of nitrogens with one attached hydrogen (secondary N) is 1. The van der Waals surface area contributed by atoms with Gasteiger partial charge in [-0.1, -0.05) is 89.5 Å². The van der Waals surface area contributed by atoms with E-state index < -0.39 is 5.97 Å². The van der Waals surface area contributed by atoms with Crippen molar-refractivity contribution < 1.29 is 14.3 Å². The van der Waals surface area contributed by atoms with Crippen LogP contribution in [-0.2, 0) is 16.1 Å². The molecule has 1 N–H and O–H groups in total. The van der Waals surface area contributed by atoms with Crippen LogP contribution in [0.2, 0.25) is 0 Å². The number of amides is 2. The van der Waals surface area contributed by atoms with Crippen LogP contribution < -0.4 is 5.32 Å². The molecule has 0 spiro atoms. The molecule has 0 bridgehead atoms. The van der Waals surface area contributed by atoms with Gasteiger partial charge in [-0.2, -0.15) is 0 Å². The standard InChI is InChI=1S/C12H19N3O3S.C3H8.4C2H6/c1-8(2)11-14-9(7-19-11)6-15(3)12(17)13-5-10(16)18-4;1-3-2;4*1-2/h7-8H,5-6H2,1-4H3,(H,13,17);3H2,1-2H3;4*1-2H3. The van der Waals surface area contributed by atoms with Gasteiger partial charge in [0.05, 0.1) is 24.4 Å². The van der Waals surface area contributed by atoms with Crippen molar-refractivity contribution in [3.05, 3.63) is 16.1 Å². The molecule has 6 nitrogen and oxygen atoms in total. The molecule has 1 aromatic rings. The maximum Gasteiger partial charge on any atom is 0.325 e. The van der Waals surface area contributed by atoms with Crippen molar-refractivity contribution >= 4 is 23.3 Å². The Kier molecular flexibility index (Phi) is 41.6. The summed E-state index contributed by atoms with van der Waals surface area (Å²) >= 11 is 1.59. The summed E-state index contributed by atoms with van der Waals surface area (Å²) in [6.45, 7) is 24.7. The molecule has 0 radical (unpaired) electrons. The minimum Gasteiger partial charge on any atom is -0.468 e. The fourth-order valence-corrected chi connectivity index (χ4v) is 2.16. The maximum absolute atomic E-state index is 11.7. The van der Waals surface area contributed by atoms with Crippen LogP contribution >= 0.6 is 11.3 Å². The van der Waals surface area contributed by atoms with Gasteiger partial charge in [-0.25, -0.2) is 9.78 Å². The molecule has 2 amide bonds. The third kappa shape index (κ3) is 24.4. The number of carbonyl (C=O) groups is 2. The molecule has 0 saturated heterocycles. The summed E-state index contributed by atoms with van der Waals surface area (Å²) in [5.74, 6) is -0.0882. The molecule has 0 unspecified atom stereocenters. The van der Waals surface area contributed by atoms with Crippen LogP contribution in [0.4, 0.5) is 4.79 Å². The van der Waals surface area contributed by atoms with E-state index in [4.69, 9.17) is 0 Å². The zero-order chi connectivity index (χ0) is 25.1. The number of thiazole rings is 1. The highest BCUT2D eigenvalue weighted by molar-refractivity contribution is 7.09. The minimum absolute atomic E-state index is 0.131. The van der Waals surface area contributed by atoms with Crippen molar-refractivity contribution in [3.8, 4) is 0 Å². The first-order valence-corrected chi connectivity index (χ1v) is 12.2. The van der Waals surface area contributed by atoms with E-state index in [1.807, 2.05) is 60.8 Å². The first-order chi connectivity index (χ1) is 14.3. The van der Waals surface area contributed by atoms with Gasteiger partial charge in [0.2, 0.25) is 0 Å². The van der Waals surface area contributed by atoms with Crippen LogP contribution in [0.1, 0.15) is 106 Å². The molecule has 1 rings (SSSR count). The van der Waals surface area contributed by atoms with Gasteiger partial charge < -0.3 is 15.0 Å². The van der Waals surface area contributed by atoms with Gasteiger partial charge in [-0.3, -0.25) is 4.79 Å². The van der Waals surface area contributed by atoms with E-state index in [1.165, 1.54) is 18.4 Å². The van der Waals surface area contributed by atoms with Crippen molar-refractivity contribution in [1.82, 2.24) is 15.2 Å². The molecule has 182 valence electrons. The normalized spacial score (nSPS) is 7.97. The fourth-order valence-electron chi connectivity index (χ4n) is 1.33. The summed E-state index contributed by atoms with van der Waals surface area (Å²) < 4.78 is 4.45. The summed E-state index contributed by atoms with van der Waals surface area (Å²) in [4.78, 5) is 28.5. The SMILES string of the molecule is CC.CC.CC.CC.CCC.COC(=O)CNC(=O)N(C)Cc1csc(C(C)C)n1. The molecule has 0 fully saturated rings. The predicted octanol–water partition coefficient (Wildman–Crippen LogP) is 7.10. The second-order valence-corrected chi connectivity index (χ2v) is 6.02. The first kappa shape index (κ1) is 38.9. The molecule has 0 saturated carbocycles. The third-order valence-corrected chi connectivity index (χ3v) is 3.62. The summed E-state index contributed by atoms with van der Waals surface area (Å²) in [7, 11) is 2.93. The van der Waals surface area contributed by atoms with Crippen molar-refractivity contribution in [2.24, 2.45) is 0 Å². The van der Waals surface area contributed by atoms with E-state index in [0.29, 0.717) is 12.5 Å². The van der Waals surface area contributed by atoms with Crippen LogP contribution in [0, 0.1) is 0 Å². The Labute approximate surface area is 191 Å². The number of carbonyl (C=O) groups excluding carboxylic acids is 2. The number of ether oxygens (including phenoxy) is 1. The second kappa shape index (κ2) is 32.0. The Morgan fingerprint density at radius 3 is 1.83 bits per heavy atom. The number of aromatic nitrogens is 1. The fraction of sp³-hybridized carbons (Fsp3) is 0.783. The number of hydrogen-bond donors (Lipinski definition) is 1. The molecule has 7 heteroatoms. The number of urea groups is 1. The zero-order valence-corrected chi connectivity index (χ0v) is 23.1. The van der Waals surface area contributed by atoms with Gasteiger partial charge in [0.25, 0.3) is 0 Å². The molecular weight excluding hydrogens is 398 g/mol. The summed E-state index contributed by atoms with van der Waals surface area (Å²) in [5, 5.41) is 5.47. The molecular formula is C23H51N3O3S. The molecule has 0 aromatic carbocycles. The highest BCUT2D eigenvalue weighted by Gasteiger charge is 2.13. The second-order valence-electron chi connectivity index (χ2n) is 5.13. The van der Waals surface area contributed by atoms with Crippen LogP contribution in [-0.4, -0.2) is 42.6 Å². The Bertz CT molecular complexity index is 464. The molecule has 1 aromatic heterocycles. The van der Waals surface area contributed by atoms with E-state index in [2.05, 4.69) is 42.7 Å². The lowest BCUT2D eigenvalue weighted by Crippen LogP contribution is -2.39. The van der Waals surface area contributed by atoms with Gasteiger partial charge in [0.1, 0.15) is 6.54 Å². The topological polar surface area (TPSA) is 71.5 Å². The van der Waals surface area contributed by atoms with Crippen LogP contribution in [0.3, 0.4) is 0 Å². The van der Waals surface area contributed by atoms with E-state index in [1.54, 1.807) is 18.4 Å². The van der Waals surface area contributed by atoms with Crippen molar-refractivity contribution in [3.63, 3.8) is 0 Å². The molecule has 1 heterocycles. The lowest BCUT2D eigenvalue weighted by Gasteiger charge is -2.16. The van der Waals surface area contributed by atoms with Crippen LogP contribution in [0.5, 0.6) is 0 Å². The molecule has 0 aliphatic carbocycles.